The normalized spacial score (nSPS) is 26.8. The molecular formula is C24H29N3O5. The van der Waals surface area contributed by atoms with Crippen LogP contribution in [-0.4, -0.2) is 67.8 Å². The van der Waals surface area contributed by atoms with Crippen LogP contribution in [0, 0.1) is 11.8 Å². The van der Waals surface area contributed by atoms with E-state index in [9.17, 15) is 14.4 Å². The van der Waals surface area contributed by atoms with Crippen LogP contribution in [0.5, 0.6) is 0 Å². The maximum absolute atomic E-state index is 13.1. The third kappa shape index (κ3) is 3.40. The van der Waals surface area contributed by atoms with Gasteiger partial charge in [-0.2, -0.15) is 0 Å². The molecule has 1 aromatic rings. The maximum Gasteiger partial charge on any atom is 0.230 e. The van der Waals surface area contributed by atoms with Gasteiger partial charge in [-0.1, -0.05) is 0 Å². The fourth-order valence-corrected chi connectivity index (χ4v) is 5.57. The highest BCUT2D eigenvalue weighted by Crippen LogP contribution is 2.39. The Morgan fingerprint density at radius 1 is 0.969 bits per heavy atom. The highest BCUT2D eigenvalue weighted by atomic mass is 16.7. The van der Waals surface area contributed by atoms with Gasteiger partial charge in [0.15, 0.2) is 5.79 Å². The van der Waals surface area contributed by atoms with E-state index in [2.05, 4.69) is 0 Å². The number of carbonyl (C=O) groups excluding carboxylic acids is 3. The third-order valence-electron chi connectivity index (χ3n) is 7.59. The van der Waals surface area contributed by atoms with Gasteiger partial charge >= 0.3 is 0 Å². The molecule has 4 aliphatic heterocycles. The van der Waals surface area contributed by atoms with Gasteiger partial charge in [0.05, 0.1) is 19.1 Å². The van der Waals surface area contributed by atoms with Crippen LogP contribution >= 0.6 is 0 Å². The van der Waals surface area contributed by atoms with E-state index in [1.165, 1.54) is 0 Å². The van der Waals surface area contributed by atoms with Gasteiger partial charge in [0.25, 0.3) is 0 Å². The van der Waals surface area contributed by atoms with E-state index in [1.807, 2.05) is 28.0 Å². The molecule has 0 aromatic heterocycles. The van der Waals surface area contributed by atoms with Gasteiger partial charge in [0.2, 0.25) is 17.7 Å². The molecule has 1 atom stereocenters. The van der Waals surface area contributed by atoms with Crippen molar-refractivity contribution in [1.82, 2.24) is 4.90 Å². The summed E-state index contributed by atoms with van der Waals surface area (Å²) < 4.78 is 11.5. The number of amides is 3. The average Bonchev–Trinajstić information content (AvgIpc) is 3.23. The molecule has 0 N–H and O–H groups in total. The van der Waals surface area contributed by atoms with Gasteiger partial charge in [-0.25, -0.2) is 0 Å². The minimum Gasteiger partial charge on any atom is -0.347 e. The number of piperidine rings is 1. The van der Waals surface area contributed by atoms with Crippen molar-refractivity contribution in [2.24, 2.45) is 11.8 Å². The van der Waals surface area contributed by atoms with Crippen LogP contribution in [0.4, 0.5) is 11.4 Å². The van der Waals surface area contributed by atoms with Crippen LogP contribution in [0.15, 0.2) is 18.2 Å². The van der Waals surface area contributed by atoms with E-state index in [1.54, 1.807) is 4.90 Å². The Labute approximate surface area is 187 Å². The Kier molecular flexibility index (Phi) is 4.76. The second-order valence-corrected chi connectivity index (χ2v) is 9.67. The number of fused-ring (bicyclic) bond motifs is 1. The Hall–Kier alpha value is -2.45. The van der Waals surface area contributed by atoms with E-state index in [4.69, 9.17) is 9.47 Å². The molecule has 0 bridgehead atoms. The molecule has 1 saturated carbocycles. The van der Waals surface area contributed by atoms with Crippen molar-refractivity contribution < 1.29 is 23.9 Å². The predicted octanol–water partition coefficient (Wildman–Crippen LogP) is 1.70. The first kappa shape index (κ1) is 20.2. The number of ether oxygens (including phenoxy) is 2. The maximum atomic E-state index is 13.1. The summed E-state index contributed by atoms with van der Waals surface area (Å²) in [4.78, 5) is 43.9. The molecule has 1 spiro atoms. The zero-order chi connectivity index (χ0) is 21.9. The van der Waals surface area contributed by atoms with Crippen molar-refractivity contribution in [2.75, 3.05) is 49.2 Å². The topological polar surface area (TPSA) is 79.4 Å². The summed E-state index contributed by atoms with van der Waals surface area (Å²) >= 11 is 0. The van der Waals surface area contributed by atoms with Crippen LogP contribution in [0.25, 0.3) is 0 Å². The third-order valence-corrected chi connectivity index (χ3v) is 7.59. The number of likely N-dealkylation sites (tertiary alicyclic amines) is 1. The van der Waals surface area contributed by atoms with Crippen molar-refractivity contribution in [3.05, 3.63) is 23.8 Å². The minimum absolute atomic E-state index is 0.0110. The van der Waals surface area contributed by atoms with Crippen LogP contribution in [-0.2, 0) is 30.3 Å². The van der Waals surface area contributed by atoms with Gasteiger partial charge in [-0.15, -0.1) is 0 Å². The van der Waals surface area contributed by atoms with E-state index in [-0.39, 0.29) is 36.0 Å². The van der Waals surface area contributed by atoms with Crippen LogP contribution in [0.1, 0.15) is 37.7 Å². The molecule has 5 aliphatic rings. The van der Waals surface area contributed by atoms with Crippen molar-refractivity contribution in [3.63, 3.8) is 0 Å². The lowest BCUT2D eigenvalue weighted by Crippen LogP contribution is -2.49. The number of rotatable bonds is 3. The molecule has 32 heavy (non-hydrogen) atoms. The largest absolute Gasteiger partial charge is 0.347 e. The van der Waals surface area contributed by atoms with E-state index in [0.29, 0.717) is 52.2 Å². The molecule has 8 heteroatoms. The molecule has 8 nitrogen and oxygen atoms in total. The summed E-state index contributed by atoms with van der Waals surface area (Å²) in [5.41, 5.74) is 2.91. The second-order valence-electron chi connectivity index (χ2n) is 9.67. The molecule has 4 fully saturated rings. The highest BCUT2D eigenvalue weighted by Gasteiger charge is 2.44. The monoisotopic (exact) mass is 439 g/mol. The zero-order valence-electron chi connectivity index (χ0n) is 18.3. The fraction of sp³-hybridized carbons (Fsp3) is 0.625. The van der Waals surface area contributed by atoms with Crippen molar-refractivity contribution in [1.29, 1.82) is 0 Å². The molecule has 6 rings (SSSR count). The number of anilines is 2. The average molecular weight is 440 g/mol. The zero-order valence-corrected chi connectivity index (χ0v) is 18.3. The molecule has 0 radical (unpaired) electrons. The Balaban J connectivity index is 1.12. The summed E-state index contributed by atoms with van der Waals surface area (Å²) in [6.45, 7) is 3.57. The Bertz CT molecular complexity index is 958. The number of benzene rings is 1. The van der Waals surface area contributed by atoms with Gasteiger partial charge in [0, 0.05) is 62.7 Å². The first-order valence-electron chi connectivity index (χ1n) is 11.8. The number of hydrogen-bond acceptors (Lipinski definition) is 5. The summed E-state index contributed by atoms with van der Waals surface area (Å²) in [6, 6.07) is 5.91. The summed E-state index contributed by atoms with van der Waals surface area (Å²) in [5, 5.41) is 0. The van der Waals surface area contributed by atoms with Crippen LogP contribution in [0.2, 0.25) is 0 Å². The molecule has 1 unspecified atom stereocenters. The first-order valence-corrected chi connectivity index (χ1v) is 11.8. The van der Waals surface area contributed by atoms with Crippen LogP contribution < -0.4 is 9.80 Å². The van der Waals surface area contributed by atoms with Gasteiger partial charge in [-0.3, -0.25) is 14.4 Å². The van der Waals surface area contributed by atoms with Gasteiger partial charge in [-0.05, 0) is 43.0 Å². The second kappa shape index (κ2) is 7.56. The van der Waals surface area contributed by atoms with Gasteiger partial charge in [0.1, 0.15) is 0 Å². The van der Waals surface area contributed by atoms with E-state index < -0.39 is 5.79 Å². The smallest absolute Gasteiger partial charge is 0.230 e. The van der Waals surface area contributed by atoms with Crippen molar-refractivity contribution >= 4 is 29.1 Å². The molecular weight excluding hydrogens is 410 g/mol. The van der Waals surface area contributed by atoms with E-state index >= 15 is 0 Å². The van der Waals surface area contributed by atoms with Crippen molar-refractivity contribution in [2.45, 2.75) is 44.3 Å². The van der Waals surface area contributed by atoms with Crippen LogP contribution in [0.3, 0.4) is 0 Å². The predicted molar refractivity (Wildman–Crippen MR) is 116 cm³/mol. The Morgan fingerprint density at radius 2 is 1.72 bits per heavy atom. The molecule has 3 amide bonds. The fourth-order valence-electron chi connectivity index (χ4n) is 5.57. The molecule has 1 aliphatic carbocycles. The SMILES string of the molecule is O=C(C1CC(=O)N(c2ccc3c(c2)CCN3C(=O)C2CC2)C1)N1CCC2(CC1)OCCO2. The number of carbonyl (C=O) groups is 3. The minimum atomic E-state index is -0.506. The summed E-state index contributed by atoms with van der Waals surface area (Å²) in [6.07, 6.45) is 4.42. The summed E-state index contributed by atoms with van der Waals surface area (Å²) in [7, 11) is 0. The number of hydrogen-bond donors (Lipinski definition) is 0. The standard InChI is InChI=1S/C24H29N3O5/c28-21-14-18(22(29)25-9-6-24(7-10-25)31-11-12-32-24)15-27(21)19-3-4-20-17(13-19)5-8-26(20)23(30)16-1-2-16/h3-4,13,16,18H,1-2,5-12,14-15H2. The van der Waals surface area contributed by atoms with Crippen molar-refractivity contribution in [3.8, 4) is 0 Å². The molecule has 3 saturated heterocycles. The number of nitrogens with zero attached hydrogens (tertiary/aromatic N) is 3. The lowest BCUT2D eigenvalue weighted by atomic mass is 10.0. The lowest BCUT2D eigenvalue weighted by molar-refractivity contribution is -0.188. The summed E-state index contributed by atoms with van der Waals surface area (Å²) in [5.74, 6) is -0.351. The quantitative estimate of drug-likeness (QED) is 0.716. The molecule has 170 valence electrons. The Morgan fingerprint density at radius 3 is 2.44 bits per heavy atom. The van der Waals surface area contributed by atoms with E-state index in [0.717, 1.165) is 36.2 Å². The lowest BCUT2D eigenvalue weighted by Gasteiger charge is -2.38. The molecule has 4 heterocycles. The van der Waals surface area contributed by atoms with Gasteiger partial charge < -0.3 is 24.2 Å². The highest BCUT2D eigenvalue weighted by molar-refractivity contribution is 6.02. The first-order chi connectivity index (χ1) is 15.5. The molecule has 1 aromatic carbocycles.